The van der Waals surface area contributed by atoms with Gasteiger partial charge < -0.3 is 4.74 Å². The van der Waals surface area contributed by atoms with Gasteiger partial charge in [-0.3, -0.25) is 14.7 Å². The second-order valence-corrected chi connectivity index (χ2v) is 11.0. The van der Waals surface area contributed by atoms with Crippen LogP contribution >= 0.6 is 39.3 Å². The van der Waals surface area contributed by atoms with Crippen LogP contribution in [0.2, 0.25) is 5.02 Å². The van der Waals surface area contributed by atoms with E-state index in [2.05, 4.69) is 44.3 Å². The lowest BCUT2D eigenvalue weighted by Gasteiger charge is -2.16. The third kappa shape index (κ3) is 5.85. The molecule has 0 N–H and O–H groups in total. The quantitative estimate of drug-likeness (QED) is 0.0962. The van der Waals surface area contributed by atoms with E-state index in [9.17, 15) is 10.1 Å². The summed E-state index contributed by atoms with van der Waals surface area (Å²) in [6, 6.07) is 27.2. The number of aromatic nitrogens is 3. The molecule has 0 aliphatic heterocycles. The van der Waals surface area contributed by atoms with E-state index in [0.717, 1.165) is 32.1 Å². The van der Waals surface area contributed by atoms with Crippen LogP contribution in [0.3, 0.4) is 0 Å². The molecule has 1 heterocycles. The Hall–Kier alpha value is -3.40. The number of ether oxygens (including phenoxy) is 1. The molecule has 0 saturated heterocycles. The minimum Gasteiger partial charge on any atom is -0.488 e. The number of thioether (sulfide) groups is 1. The zero-order valence-corrected chi connectivity index (χ0v) is 23.4. The Bertz CT molecular complexity index is 1600. The number of nitro groups is 1. The summed E-state index contributed by atoms with van der Waals surface area (Å²) in [6.07, 6.45) is 0. The Kier molecular flexibility index (Phi) is 7.97. The Balaban J connectivity index is 1.38. The van der Waals surface area contributed by atoms with Crippen molar-refractivity contribution in [2.45, 2.75) is 23.9 Å². The minimum absolute atomic E-state index is 0.278. The summed E-state index contributed by atoms with van der Waals surface area (Å²) in [5.74, 6) is 1.33. The summed E-state index contributed by atoms with van der Waals surface area (Å²) in [6.45, 7) is 1.96. The number of nitrogens with zero attached hydrogens (tertiary/aromatic N) is 4. The highest BCUT2D eigenvalue weighted by molar-refractivity contribution is 9.10. The molecule has 0 aliphatic rings. The molecule has 0 aliphatic carbocycles. The van der Waals surface area contributed by atoms with Crippen molar-refractivity contribution in [3.05, 3.63) is 121 Å². The Labute approximate surface area is 237 Å². The fourth-order valence-corrected chi connectivity index (χ4v) is 5.99. The van der Waals surface area contributed by atoms with Crippen molar-refractivity contribution in [2.75, 3.05) is 6.54 Å². The molecule has 1 aromatic heterocycles. The predicted molar refractivity (Wildman–Crippen MR) is 154 cm³/mol. The highest BCUT2D eigenvalue weighted by Crippen LogP contribution is 2.39. The largest absolute Gasteiger partial charge is 0.488 e. The molecule has 0 amide bonds. The fraction of sp³-hybridized carbons (Fsp3) is 0.143. The van der Waals surface area contributed by atoms with Gasteiger partial charge in [0.15, 0.2) is 5.16 Å². The van der Waals surface area contributed by atoms with Crippen LogP contribution in [0.5, 0.6) is 5.75 Å². The molecule has 10 heteroatoms. The fourth-order valence-electron chi connectivity index (χ4n) is 4.19. The molecular formula is C28H22BrClN4O3S. The third-order valence-electron chi connectivity index (χ3n) is 6.03. The van der Waals surface area contributed by atoms with Crippen molar-refractivity contribution in [3.63, 3.8) is 0 Å². The first-order valence-corrected chi connectivity index (χ1v) is 13.8. The van der Waals surface area contributed by atoms with Crippen LogP contribution in [0.15, 0.2) is 94.6 Å². The maximum absolute atomic E-state index is 11.6. The number of rotatable bonds is 9. The Morgan fingerprint density at radius 1 is 1.05 bits per heavy atom. The van der Waals surface area contributed by atoms with E-state index in [1.165, 1.54) is 11.8 Å². The van der Waals surface area contributed by atoms with Gasteiger partial charge in [0.2, 0.25) is 6.54 Å². The van der Waals surface area contributed by atoms with E-state index < -0.39 is 5.25 Å². The van der Waals surface area contributed by atoms with Gasteiger partial charge in [-0.2, -0.15) is 0 Å². The van der Waals surface area contributed by atoms with Gasteiger partial charge in [-0.05, 0) is 81.2 Å². The van der Waals surface area contributed by atoms with E-state index in [1.54, 1.807) is 12.1 Å². The average molecular weight is 610 g/mol. The lowest BCUT2D eigenvalue weighted by Crippen LogP contribution is -2.11. The minimum atomic E-state index is -0.497. The normalized spacial score (nSPS) is 12.0. The van der Waals surface area contributed by atoms with Crippen LogP contribution in [0.4, 0.5) is 0 Å². The van der Waals surface area contributed by atoms with E-state index in [4.69, 9.17) is 16.3 Å². The third-order valence-corrected chi connectivity index (χ3v) is 8.09. The van der Waals surface area contributed by atoms with Gasteiger partial charge in [-0.25, -0.2) is 0 Å². The second kappa shape index (κ2) is 11.6. The number of halogens is 2. The molecule has 4 aromatic carbocycles. The predicted octanol–water partition coefficient (Wildman–Crippen LogP) is 7.83. The van der Waals surface area contributed by atoms with Crippen LogP contribution in [0.1, 0.15) is 22.2 Å². The first-order valence-electron chi connectivity index (χ1n) is 11.7. The van der Waals surface area contributed by atoms with Crippen LogP contribution in [-0.2, 0) is 6.61 Å². The van der Waals surface area contributed by atoms with Gasteiger partial charge in [0.1, 0.15) is 23.4 Å². The first-order chi connectivity index (χ1) is 18.4. The lowest BCUT2D eigenvalue weighted by molar-refractivity contribution is -0.479. The van der Waals surface area contributed by atoms with Crippen molar-refractivity contribution in [3.8, 4) is 11.4 Å². The molecular weight excluding hydrogens is 588 g/mol. The smallest absolute Gasteiger partial charge is 0.220 e. The van der Waals surface area contributed by atoms with Crippen LogP contribution in [-0.4, -0.2) is 26.2 Å². The van der Waals surface area contributed by atoms with E-state index in [0.29, 0.717) is 28.4 Å². The average Bonchev–Trinajstić information content (AvgIpc) is 3.27. The summed E-state index contributed by atoms with van der Waals surface area (Å²) in [4.78, 5) is 11.3. The molecule has 0 fully saturated rings. The molecule has 5 aromatic rings. The molecule has 0 spiro atoms. The zero-order chi connectivity index (χ0) is 26.6. The van der Waals surface area contributed by atoms with E-state index in [1.807, 2.05) is 66.1 Å². The summed E-state index contributed by atoms with van der Waals surface area (Å²) in [5.41, 5.74) is 2.69. The molecule has 1 atom stereocenters. The number of hydrogen-bond donors (Lipinski definition) is 0. The van der Waals surface area contributed by atoms with E-state index >= 15 is 0 Å². The standard InChI is InChI=1S/C28H22BrClN4O3S/c1-18-31-32-28(34(18)23-12-10-22(30)11-13-23)38-27(16-33(35)36)20-9-14-26(25(29)15-20)37-17-21-7-4-6-19-5-2-3-8-24(19)21/h2-15,27H,16-17H2,1H3/t27-/m1/s1. The summed E-state index contributed by atoms with van der Waals surface area (Å²) in [7, 11) is 0. The van der Waals surface area contributed by atoms with Crippen molar-refractivity contribution in [2.24, 2.45) is 0 Å². The number of fused-ring (bicyclic) bond motifs is 1. The molecule has 192 valence electrons. The van der Waals surface area contributed by atoms with Gasteiger partial charge in [-0.15, -0.1) is 10.2 Å². The van der Waals surface area contributed by atoms with Crippen molar-refractivity contribution >= 4 is 50.1 Å². The van der Waals surface area contributed by atoms with Gasteiger partial charge in [-0.1, -0.05) is 71.9 Å². The molecule has 0 radical (unpaired) electrons. The molecule has 5 rings (SSSR count). The van der Waals surface area contributed by atoms with Crippen LogP contribution < -0.4 is 4.74 Å². The van der Waals surface area contributed by atoms with Crippen molar-refractivity contribution < 1.29 is 9.66 Å². The summed E-state index contributed by atoms with van der Waals surface area (Å²) in [5, 5.41) is 23.1. The zero-order valence-electron chi connectivity index (χ0n) is 20.3. The molecule has 0 unspecified atom stereocenters. The van der Waals surface area contributed by atoms with Gasteiger partial charge in [0.25, 0.3) is 0 Å². The lowest BCUT2D eigenvalue weighted by atomic mass is 10.1. The van der Waals surface area contributed by atoms with Crippen LogP contribution in [0.25, 0.3) is 16.5 Å². The van der Waals surface area contributed by atoms with E-state index in [-0.39, 0.29) is 11.5 Å². The molecule has 0 saturated carbocycles. The van der Waals surface area contributed by atoms with Crippen LogP contribution in [0, 0.1) is 17.0 Å². The molecule has 38 heavy (non-hydrogen) atoms. The highest BCUT2D eigenvalue weighted by Gasteiger charge is 2.24. The number of benzene rings is 4. The summed E-state index contributed by atoms with van der Waals surface area (Å²) < 4.78 is 8.72. The molecule has 7 nitrogen and oxygen atoms in total. The topological polar surface area (TPSA) is 83.1 Å². The second-order valence-electron chi connectivity index (χ2n) is 8.58. The van der Waals surface area contributed by atoms with Crippen molar-refractivity contribution in [1.82, 2.24) is 14.8 Å². The SMILES string of the molecule is Cc1nnc(S[C@H](C[N+](=O)[O-])c2ccc(OCc3cccc4ccccc34)c(Br)c2)n1-c1ccc(Cl)cc1. The maximum atomic E-state index is 11.6. The van der Waals surface area contributed by atoms with Gasteiger partial charge in [0.05, 0.1) is 4.47 Å². The first kappa shape index (κ1) is 26.2. The Morgan fingerprint density at radius 2 is 1.82 bits per heavy atom. The number of hydrogen-bond acceptors (Lipinski definition) is 6. The number of aryl methyl sites for hydroxylation is 1. The monoisotopic (exact) mass is 608 g/mol. The highest BCUT2D eigenvalue weighted by atomic mass is 79.9. The van der Waals surface area contributed by atoms with Crippen molar-refractivity contribution in [1.29, 1.82) is 0 Å². The summed E-state index contributed by atoms with van der Waals surface area (Å²) >= 11 is 10.9. The van der Waals surface area contributed by atoms with Gasteiger partial charge in [0, 0.05) is 15.6 Å². The maximum Gasteiger partial charge on any atom is 0.220 e. The van der Waals surface area contributed by atoms with Gasteiger partial charge >= 0.3 is 0 Å². The molecule has 0 bridgehead atoms. The Morgan fingerprint density at radius 3 is 2.58 bits per heavy atom.